The van der Waals surface area contributed by atoms with Crippen molar-refractivity contribution in [3.8, 4) is 11.4 Å². The maximum absolute atomic E-state index is 11.1. The summed E-state index contributed by atoms with van der Waals surface area (Å²) in [6.45, 7) is 1.34. The van der Waals surface area contributed by atoms with Crippen molar-refractivity contribution < 1.29 is 14.7 Å². The molecule has 7 heteroatoms. The van der Waals surface area contributed by atoms with Crippen molar-refractivity contribution in [3.05, 3.63) is 29.3 Å². The number of anilines is 1. The molecule has 0 spiro atoms. The Morgan fingerprint density at radius 2 is 2.17 bits per heavy atom. The number of hydrogen-bond acceptors (Lipinski definition) is 5. The third-order valence-electron chi connectivity index (χ3n) is 2.01. The first-order chi connectivity index (χ1) is 8.58. The van der Waals surface area contributed by atoms with Crippen molar-refractivity contribution in [3.63, 3.8) is 0 Å². The summed E-state index contributed by atoms with van der Waals surface area (Å²) in [4.78, 5) is 30.2. The summed E-state index contributed by atoms with van der Waals surface area (Å²) in [7, 11) is 0. The van der Waals surface area contributed by atoms with Crippen LogP contribution in [0, 0.1) is 0 Å². The van der Waals surface area contributed by atoms with E-state index in [0.29, 0.717) is 5.69 Å². The van der Waals surface area contributed by atoms with Crippen LogP contribution >= 0.6 is 11.3 Å². The van der Waals surface area contributed by atoms with E-state index in [9.17, 15) is 9.59 Å². The van der Waals surface area contributed by atoms with Crippen LogP contribution in [0.5, 0.6) is 0 Å². The first kappa shape index (κ1) is 12.2. The van der Waals surface area contributed by atoms with E-state index in [1.165, 1.54) is 6.92 Å². The average molecular weight is 263 g/mol. The number of pyridine rings is 1. The van der Waals surface area contributed by atoms with Gasteiger partial charge in [-0.05, 0) is 12.1 Å². The van der Waals surface area contributed by atoms with Crippen molar-refractivity contribution in [2.24, 2.45) is 0 Å². The number of carbonyl (C=O) groups excluding carboxylic acids is 1. The van der Waals surface area contributed by atoms with E-state index < -0.39 is 5.97 Å². The number of nitrogens with one attached hydrogen (secondary N) is 1. The summed E-state index contributed by atoms with van der Waals surface area (Å²) in [6.07, 6.45) is 1.55. The summed E-state index contributed by atoms with van der Waals surface area (Å²) in [6, 6.07) is 5.13. The zero-order valence-corrected chi connectivity index (χ0v) is 10.2. The zero-order chi connectivity index (χ0) is 13.1. The van der Waals surface area contributed by atoms with Crippen molar-refractivity contribution in [2.45, 2.75) is 6.92 Å². The lowest BCUT2D eigenvalue weighted by Crippen LogP contribution is -2.04. The monoisotopic (exact) mass is 263 g/mol. The predicted octanol–water partition coefficient (Wildman–Crippen LogP) is 1.86. The Kier molecular flexibility index (Phi) is 3.33. The number of nitrogens with zero attached hydrogens (tertiary/aromatic N) is 2. The lowest BCUT2D eigenvalue weighted by molar-refractivity contribution is -0.114. The van der Waals surface area contributed by atoms with Gasteiger partial charge in [0.15, 0.2) is 5.13 Å². The summed E-state index contributed by atoms with van der Waals surface area (Å²) < 4.78 is 0. The van der Waals surface area contributed by atoms with E-state index >= 15 is 0 Å². The summed E-state index contributed by atoms with van der Waals surface area (Å²) in [5.41, 5.74) is 0.722. The van der Waals surface area contributed by atoms with Gasteiger partial charge in [0.2, 0.25) is 5.91 Å². The molecule has 0 aromatic carbocycles. The molecule has 0 aliphatic carbocycles. The van der Waals surface area contributed by atoms with Crippen molar-refractivity contribution in [2.75, 3.05) is 5.32 Å². The molecule has 0 bridgehead atoms. The Labute approximate surface area is 106 Å². The minimum atomic E-state index is -1.09. The van der Waals surface area contributed by atoms with Crippen LogP contribution in [0.25, 0.3) is 11.4 Å². The predicted molar refractivity (Wildman–Crippen MR) is 66.6 cm³/mol. The lowest BCUT2D eigenvalue weighted by atomic mass is 10.2. The van der Waals surface area contributed by atoms with Crippen LogP contribution in [0.15, 0.2) is 24.4 Å². The molecule has 2 aromatic rings. The second kappa shape index (κ2) is 4.92. The second-order valence-corrected chi connectivity index (χ2v) is 4.40. The van der Waals surface area contributed by atoms with Gasteiger partial charge in [-0.2, -0.15) is 0 Å². The molecule has 0 atom stereocenters. The minimum Gasteiger partial charge on any atom is -0.477 e. The fourth-order valence-corrected chi connectivity index (χ4v) is 2.20. The number of rotatable bonds is 3. The van der Waals surface area contributed by atoms with E-state index in [2.05, 4.69) is 15.3 Å². The van der Waals surface area contributed by atoms with Crippen molar-refractivity contribution in [1.29, 1.82) is 0 Å². The van der Waals surface area contributed by atoms with Gasteiger partial charge in [-0.3, -0.25) is 9.78 Å². The number of aromatic nitrogens is 2. The van der Waals surface area contributed by atoms with Gasteiger partial charge in [0.05, 0.1) is 5.69 Å². The Hall–Kier alpha value is -2.28. The second-order valence-electron chi connectivity index (χ2n) is 3.40. The van der Waals surface area contributed by atoms with Crippen LogP contribution in [0.2, 0.25) is 0 Å². The molecule has 6 nitrogen and oxygen atoms in total. The fourth-order valence-electron chi connectivity index (χ4n) is 1.35. The molecule has 0 saturated carbocycles. The molecule has 0 aliphatic rings. The summed E-state index contributed by atoms with van der Waals surface area (Å²) in [5.74, 6) is -1.39. The minimum absolute atomic E-state index is 0.0532. The molecule has 0 saturated heterocycles. The van der Waals surface area contributed by atoms with Crippen LogP contribution in [0.1, 0.15) is 16.6 Å². The average Bonchev–Trinajstić information content (AvgIpc) is 2.73. The van der Waals surface area contributed by atoms with Gasteiger partial charge in [0.1, 0.15) is 10.6 Å². The van der Waals surface area contributed by atoms with Crippen LogP contribution in [0.3, 0.4) is 0 Å². The molecule has 0 radical (unpaired) electrons. The van der Waals surface area contributed by atoms with Gasteiger partial charge in [0.25, 0.3) is 0 Å². The molecule has 18 heavy (non-hydrogen) atoms. The highest BCUT2D eigenvalue weighted by Crippen LogP contribution is 2.29. The molecule has 0 fully saturated rings. The van der Waals surface area contributed by atoms with Gasteiger partial charge in [0, 0.05) is 13.1 Å². The zero-order valence-electron chi connectivity index (χ0n) is 9.38. The number of carboxylic acid groups (broad SMARTS) is 1. The Balaban J connectivity index is 2.48. The Bertz CT molecular complexity index is 595. The molecular formula is C11H9N3O3S. The molecule has 2 N–H and O–H groups in total. The van der Waals surface area contributed by atoms with E-state index in [0.717, 1.165) is 11.3 Å². The van der Waals surface area contributed by atoms with E-state index in [4.69, 9.17) is 5.11 Å². The number of amides is 1. The number of carbonyl (C=O) groups is 2. The molecule has 0 unspecified atom stereocenters. The van der Waals surface area contributed by atoms with Crippen LogP contribution < -0.4 is 5.32 Å². The van der Waals surface area contributed by atoms with Crippen molar-refractivity contribution in [1.82, 2.24) is 9.97 Å². The van der Waals surface area contributed by atoms with Gasteiger partial charge < -0.3 is 10.4 Å². The maximum Gasteiger partial charge on any atom is 0.348 e. The highest BCUT2D eigenvalue weighted by Gasteiger charge is 2.19. The number of aromatic carboxylic acids is 1. The highest BCUT2D eigenvalue weighted by atomic mass is 32.1. The van der Waals surface area contributed by atoms with Crippen LogP contribution in [-0.2, 0) is 4.79 Å². The fraction of sp³-hybridized carbons (Fsp3) is 0.0909. The molecular weight excluding hydrogens is 254 g/mol. The summed E-state index contributed by atoms with van der Waals surface area (Å²) in [5, 5.41) is 11.8. The Morgan fingerprint density at radius 3 is 2.72 bits per heavy atom. The van der Waals surface area contributed by atoms with Crippen molar-refractivity contribution >= 4 is 28.3 Å². The number of hydrogen-bond donors (Lipinski definition) is 2. The topological polar surface area (TPSA) is 92.2 Å². The lowest BCUT2D eigenvalue weighted by Gasteiger charge is -1.96. The molecule has 1 amide bonds. The molecule has 92 valence electrons. The van der Waals surface area contributed by atoms with Gasteiger partial charge >= 0.3 is 5.97 Å². The smallest absolute Gasteiger partial charge is 0.348 e. The quantitative estimate of drug-likeness (QED) is 0.881. The molecule has 2 rings (SSSR count). The van der Waals surface area contributed by atoms with Crippen LogP contribution in [-0.4, -0.2) is 27.0 Å². The van der Waals surface area contributed by atoms with E-state index in [-0.39, 0.29) is 21.6 Å². The maximum atomic E-state index is 11.1. The largest absolute Gasteiger partial charge is 0.477 e. The third kappa shape index (κ3) is 2.51. The van der Waals surface area contributed by atoms with Gasteiger partial charge in [-0.15, -0.1) is 0 Å². The van der Waals surface area contributed by atoms with E-state index in [1.807, 2.05) is 0 Å². The number of carboxylic acids is 1. The van der Waals surface area contributed by atoms with Gasteiger partial charge in [-0.1, -0.05) is 17.4 Å². The third-order valence-corrected chi connectivity index (χ3v) is 2.97. The first-order valence-corrected chi connectivity index (χ1v) is 5.82. The first-order valence-electron chi connectivity index (χ1n) is 5.01. The van der Waals surface area contributed by atoms with E-state index in [1.54, 1.807) is 24.4 Å². The molecule has 2 aromatic heterocycles. The number of thiazole rings is 1. The Morgan fingerprint density at radius 1 is 1.39 bits per heavy atom. The SMILES string of the molecule is CC(=O)Nc1nc(-c2ccccn2)c(C(=O)O)s1. The van der Waals surface area contributed by atoms with Gasteiger partial charge in [-0.25, -0.2) is 9.78 Å². The normalized spacial score (nSPS) is 10.1. The van der Waals surface area contributed by atoms with Crippen LogP contribution in [0.4, 0.5) is 5.13 Å². The standard InChI is InChI=1S/C11H9N3O3S/c1-6(15)13-11-14-8(9(18-11)10(16)17)7-4-2-3-5-12-7/h2-5H,1H3,(H,16,17)(H,13,14,15). The highest BCUT2D eigenvalue weighted by molar-refractivity contribution is 7.18. The molecule has 0 aliphatic heterocycles. The summed E-state index contributed by atoms with van der Waals surface area (Å²) >= 11 is 0.908. The molecule has 2 heterocycles.